The number of carbonyl (C=O) groups excluding carboxylic acids is 1. The van der Waals surface area contributed by atoms with Crippen LogP contribution in [0.25, 0.3) is 0 Å². The van der Waals surface area contributed by atoms with E-state index >= 15 is 0 Å². The molecule has 2 aromatic carbocycles. The standard InChI is InChI=1S/C22H24ClFN2O2/c1-16-21(15-27)25(14-17-4-8-19(24)9-5-17)12-13-26(16)22(2,3)28-20-10-6-18(23)7-11-20/h4-11,16H,12-14H2,1-3H3. The summed E-state index contributed by atoms with van der Waals surface area (Å²) in [5.41, 5.74) is 0.895. The largest absolute Gasteiger partial charge is 0.473 e. The fourth-order valence-corrected chi connectivity index (χ4v) is 3.79. The van der Waals surface area contributed by atoms with Crippen LogP contribution in [0.2, 0.25) is 5.02 Å². The highest BCUT2D eigenvalue weighted by molar-refractivity contribution is 6.30. The van der Waals surface area contributed by atoms with Gasteiger partial charge in [0.05, 0.1) is 6.04 Å². The second-order valence-corrected chi connectivity index (χ2v) is 7.84. The van der Waals surface area contributed by atoms with Crippen molar-refractivity contribution < 1.29 is 13.9 Å². The minimum Gasteiger partial charge on any atom is -0.473 e. The van der Waals surface area contributed by atoms with Gasteiger partial charge in [0.15, 0.2) is 5.72 Å². The van der Waals surface area contributed by atoms with Gasteiger partial charge in [0.25, 0.3) is 0 Å². The molecule has 2 aromatic rings. The molecule has 0 aliphatic carbocycles. The van der Waals surface area contributed by atoms with Gasteiger partial charge in [-0.05, 0) is 62.7 Å². The van der Waals surface area contributed by atoms with Crippen LogP contribution >= 0.6 is 11.6 Å². The monoisotopic (exact) mass is 402 g/mol. The predicted octanol–water partition coefficient (Wildman–Crippen LogP) is 4.52. The van der Waals surface area contributed by atoms with Crippen LogP contribution in [0.1, 0.15) is 26.3 Å². The maximum absolute atomic E-state index is 13.1. The predicted molar refractivity (Wildman–Crippen MR) is 108 cm³/mol. The van der Waals surface area contributed by atoms with E-state index in [0.717, 1.165) is 5.56 Å². The van der Waals surface area contributed by atoms with Gasteiger partial charge >= 0.3 is 0 Å². The average molecular weight is 403 g/mol. The lowest BCUT2D eigenvalue weighted by Gasteiger charge is -2.48. The van der Waals surface area contributed by atoms with Crippen molar-refractivity contribution in [1.82, 2.24) is 9.80 Å². The van der Waals surface area contributed by atoms with Crippen LogP contribution in [0.3, 0.4) is 0 Å². The van der Waals surface area contributed by atoms with Crippen molar-refractivity contribution >= 4 is 17.5 Å². The van der Waals surface area contributed by atoms with Crippen molar-refractivity contribution in [3.8, 4) is 5.75 Å². The van der Waals surface area contributed by atoms with Crippen LogP contribution < -0.4 is 4.74 Å². The maximum Gasteiger partial charge on any atom is 0.158 e. The fraction of sp³-hybridized carbons (Fsp3) is 0.364. The molecule has 1 saturated heterocycles. The summed E-state index contributed by atoms with van der Waals surface area (Å²) in [5.74, 6) is 2.56. The van der Waals surface area contributed by atoms with Crippen molar-refractivity contribution in [3.05, 3.63) is 70.6 Å². The van der Waals surface area contributed by atoms with Gasteiger partial charge in [-0.2, -0.15) is 0 Å². The summed E-state index contributed by atoms with van der Waals surface area (Å²) in [6.07, 6.45) is 0. The molecule has 0 bridgehead atoms. The molecule has 1 aliphatic rings. The summed E-state index contributed by atoms with van der Waals surface area (Å²) in [6.45, 7) is 7.85. The summed E-state index contributed by atoms with van der Waals surface area (Å²) in [4.78, 5) is 15.9. The van der Waals surface area contributed by atoms with Gasteiger partial charge in [-0.1, -0.05) is 23.7 Å². The SMILES string of the molecule is CC1C(=C=O)N(Cc2ccc(F)cc2)CCN1C(C)(C)Oc1ccc(Cl)cc1. The van der Waals surface area contributed by atoms with Gasteiger partial charge in [-0.25, -0.2) is 9.18 Å². The quantitative estimate of drug-likeness (QED) is 0.688. The molecule has 0 saturated carbocycles. The zero-order valence-electron chi connectivity index (χ0n) is 16.3. The first-order chi connectivity index (χ1) is 13.3. The van der Waals surface area contributed by atoms with Crippen molar-refractivity contribution in [1.29, 1.82) is 0 Å². The molecular weight excluding hydrogens is 379 g/mol. The van der Waals surface area contributed by atoms with E-state index in [0.29, 0.717) is 36.1 Å². The number of ether oxygens (including phenoxy) is 1. The van der Waals surface area contributed by atoms with Gasteiger partial charge < -0.3 is 9.64 Å². The lowest BCUT2D eigenvalue weighted by Crippen LogP contribution is -2.60. The second-order valence-electron chi connectivity index (χ2n) is 7.41. The second kappa shape index (κ2) is 8.36. The van der Waals surface area contributed by atoms with Gasteiger partial charge in [-0.3, -0.25) is 4.90 Å². The summed E-state index contributed by atoms with van der Waals surface area (Å²) < 4.78 is 19.3. The third-order valence-electron chi connectivity index (χ3n) is 5.08. The molecule has 1 heterocycles. The van der Waals surface area contributed by atoms with E-state index in [1.807, 2.05) is 37.8 Å². The lowest BCUT2D eigenvalue weighted by molar-refractivity contribution is -0.0884. The minimum atomic E-state index is -0.628. The van der Waals surface area contributed by atoms with Crippen LogP contribution in [0, 0.1) is 5.82 Å². The Morgan fingerprint density at radius 2 is 1.79 bits per heavy atom. The molecule has 0 N–H and O–H groups in total. The molecule has 3 rings (SSSR count). The third kappa shape index (κ3) is 4.56. The molecule has 0 aromatic heterocycles. The first kappa shape index (κ1) is 20.4. The van der Waals surface area contributed by atoms with Crippen LogP contribution in [0.4, 0.5) is 4.39 Å². The highest BCUT2D eigenvalue weighted by atomic mass is 35.5. The Morgan fingerprint density at radius 1 is 1.14 bits per heavy atom. The van der Waals surface area contributed by atoms with Gasteiger partial charge in [0, 0.05) is 24.7 Å². The van der Waals surface area contributed by atoms with Crippen molar-refractivity contribution in [2.75, 3.05) is 13.1 Å². The molecule has 1 aliphatic heterocycles. The highest BCUT2D eigenvalue weighted by Crippen LogP contribution is 2.30. The summed E-state index contributed by atoms with van der Waals surface area (Å²) >= 11 is 5.95. The summed E-state index contributed by atoms with van der Waals surface area (Å²) in [7, 11) is 0. The maximum atomic E-state index is 13.1. The Balaban J connectivity index is 1.74. The molecule has 4 nitrogen and oxygen atoms in total. The first-order valence-corrected chi connectivity index (χ1v) is 9.63. The van der Waals surface area contributed by atoms with Gasteiger partial charge in [-0.15, -0.1) is 0 Å². The molecule has 1 atom stereocenters. The van der Waals surface area contributed by atoms with Gasteiger partial charge in [0.1, 0.15) is 23.2 Å². The Morgan fingerprint density at radius 3 is 2.39 bits per heavy atom. The molecule has 0 spiro atoms. The number of benzene rings is 2. The number of hydrogen-bond acceptors (Lipinski definition) is 4. The zero-order chi connectivity index (χ0) is 20.3. The molecule has 6 heteroatoms. The Labute approximate surface area is 170 Å². The Bertz CT molecular complexity index is 861. The molecule has 1 fully saturated rings. The van der Waals surface area contributed by atoms with E-state index in [9.17, 15) is 9.18 Å². The molecule has 0 radical (unpaired) electrons. The summed E-state index contributed by atoms with van der Waals surface area (Å²) in [5, 5.41) is 0.652. The van der Waals surface area contributed by atoms with E-state index in [2.05, 4.69) is 10.8 Å². The Hall–Kier alpha value is -2.33. The number of piperazine rings is 1. The minimum absolute atomic E-state index is 0.172. The number of hydrogen-bond donors (Lipinski definition) is 0. The molecule has 1 unspecified atom stereocenters. The van der Waals surface area contributed by atoms with E-state index in [1.165, 1.54) is 12.1 Å². The van der Waals surface area contributed by atoms with E-state index in [4.69, 9.17) is 16.3 Å². The van der Waals surface area contributed by atoms with Crippen molar-refractivity contribution in [2.45, 2.75) is 39.1 Å². The van der Waals surface area contributed by atoms with Crippen LogP contribution in [-0.4, -0.2) is 40.6 Å². The molecule has 148 valence electrons. The van der Waals surface area contributed by atoms with Crippen LogP contribution in [-0.2, 0) is 11.3 Å². The number of halogens is 2. The highest BCUT2D eigenvalue weighted by Gasteiger charge is 2.39. The number of rotatable bonds is 5. The number of nitrogens with zero attached hydrogens (tertiary/aromatic N) is 2. The van der Waals surface area contributed by atoms with Gasteiger partial charge in [0.2, 0.25) is 0 Å². The van der Waals surface area contributed by atoms with E-state index < -0.39 is 5.72 Å². The smallest absolute Gasteiger partial charge is 0.158 e. The average Bonchev–Trinajstić information content (AvgIpc) is 2.65. The zero-order valence-corrected chi connectivity index (χ0v) is 17.0. The van der Waals surface area contributed by atoms with Crippen molar-refractivity contribution in [2.24, 2.45) is 0 Å². The molecular formula is C22H24ClFN2O2. The molecule has 28 heavy (non-hydrogen) atoms. The van der Waals surface area contributed by atoms with E-state index in [-0.39, 0.29) is 11.9 Å². The normalized spacial score (nSPS) is 18.1. The summed E-state index contributed by atoms with van der Waals surface area (Å²) in [6, 6.07) is 13.4. The third-order valence-corrected chi connectivity index (χ3v) is 5.33. The van der Waals surface area contributed by atoms with E-state index in [1.54, 1.807) is 24.3 Å². The van der Waals surface area contributed by atoms with Crippen LogP contribution in [0.15, 0.2) is 54.2 Å². The first-order valence-electron chi connectivity index (χ1n) is 9.26. The molecule has 0 amide bonds. The lowest BCUT2D eigenvalue weighted by atomic mass is 10.0. The van der Waals surface area contributed by atoms with Crippen molar-refractivity contribution in [3.63, 3.8) is 0 Å². The van der Waals surface area contributed by atoms with Crippen LogP contribution in [0.5, 0.6) is 5.75 Å². The topological polar surface area (TPSA) is 32.8 Å². The Kier molecular flexibility index (Phi) is 6.09. The fourth-order valence-electron chi connectivity index (χ4n) is 3.66.